The Morgan fingerprint density at radius 1 is 0.962 bits per heavy atom. The van der Waals surface area contributed by atoms with E-state index < -0.39 is 11.9 Å². The smallest absolute Gasteiger partial charge is 0.356 e. The second-order valence-corrected chi connectivity index (χ2v) is 6.43. The van der Waals surface area contributed by atoms with Gasteiger partial charge in [0.15, 0.2) is 5.69 Å². The van der Waals surface area contributed by atoms with Crippen LogP contribution in [0.5, 0.6) is 0 Å². The minimum absolute atomic E-state index is 0.0728. The molecule has 7 nitrogen and oxygen atoms in total. The lowest BCUT2D eigenvalue weighted by molar-refractivity contribution is 0.0689. The van der Waals surface area contributed by atoms with E-state index in [1.54, 1.807) is 0 Å². The number of hydrogen-bond donors (Lipinski definition) is 2. The van der Waals surface area contributed by atoms with Crippen molar-refractivity contribution in [1.82, 2.24) is 14.9 Å². The number of nitrogens with one attached hydrogen (secondary N) is 1. The predicted molar refractivity (Wildman–Crippen MR) is 97.1 cm³/mol. The number of aromatic carboxylic acids is 1. The largest absolute Gasteiger partial charge is 0.476 e. The Bertz CT molecular complexity index is 751. The summed E-state index contributed by atoms with van der Waals surface area (Å²) in [6, 6.07) is 7.76. The summed E-state index contributed by atoms with van der Waals surface area (Å²) in [4.78, 5) is 32.9. The van der Waals surface area contributed by atoms with E-state index in [2.05, 4.69) is 20.2 Å². The zero-order valence-corrected chi connectivity index (χ0v) is 14.5. The molecule has 1 saturated heterocycles. The minimum Gasteiger partial charge on any atom is -0.476 e. The highest BCUT2D eigenvalue weighted by atomic mass is 16.4. The Hall–Kier alpha value is -2.80. The van der Waals surface area contributed by atoms with Crippen molar-refractivity contribution in [3.63, 3.8) is 0 Å². The maximum Gasteiger partial charge on any atom is 0.356 e. The molecule has 1 fully saturated rings. The monoisotopic (exact) mass is 354 g/mol. The number of carbonyl (C=O) groups is 2. The van der Waals surface area contributed by atoms with Crippen LogP contribution in [0.1, 0.15) is 52.2 Å². The van der Waals surface area contributed by atoms with E-state index >= 15 is 0 Å². The number of benzene rings is 1. The first-order valence-electron chi connectivity index (χ1n) is 8.80. The molecule has 0 unspecified atom stereocenters. The van der Waals surface area contributed by atoms with Crippen molar-refractivity contribution in [2.75, 3.05) is 18.4 Å². The van der Waals surface area contributed by atoms with Crippen LogP contribution in [0.25, 0.3) is 0 Å². The van der Waals surface area contributed by atoms with Crippen molar-refractivity contribution >= 4 is 17.6 Å². The fourth-order valence-electron chi connectivity index (χ4n) is 3.00. The average Bonchev–Trinajstić information content (AvgIpc) is 2.92. The van der Waals surface area contributed by atoms with Gasteiger partial charge >= 0.3 is 5.97 Å². The molecular weight excluding hydrogens is 332 g/mol. The molecule has 0 spiro atoms. The number of likely N-dealkylation sites (tertiary alicyclic amines) is 1. The summed E-state index contributed by atoms with van der Waals surface area (Å²) in [6.07, 6.45) is 7.38. The number of hydrogen-bond acceptors (Lipinski definition) is 5. The summed E-state index contributed by atoms with van der Waals surface area (Å²) in [5.74, 6) is -1.60. The van der Waals surface area contributed by atoms with Gasteiger partial charge < -0.3 is 10.4 Å². The molecule has 3 rings (SSSR count). The fourth-order valence-corrected chi connectivity index (χ4v) is 3.00. The van der Waals surface area contributed by atoms with E-state index in [4.69, 9.17) is 5.11 Å². The van der Waals surface area contributed by atoms with E-state index in [0.717, 1.165) is 32.0 Å². The van der Waals surface area contributed by atoms with Gasteiger partial charge in [-0.3, -0.25) is 9.69 Å². The highest BCUT2D eigenvalue weighted by molar-refractivity contribution is 6.02. The average molecular weight is 354 g/mol. The molecule has 26 heavy (non-hydrogen) atoms. The van der Waals surface area contributed by atoms with Crippen LogP contribution in [0.3, 0.4) is 0 Å². The van der Waals surface area contributed by atoms with Crippen molar-refractivity contribution in [1.29, 1.82) is 0 Å². The lowest BCUT2D eigenvalue weighted by Crippen LogP contribution is -2.23. The highest BCUT2D eigenvalue weighted by Crippen LogP contribution is 2.16. The van der Waals surface area contributed by atoms with Gasteiger partial charge in [0, 0.05) is 12.2 Å². The first-order chi connectivity index (χ1) is 12.6. The number of nitrogens with zero attached hydrogens (tertiary/aromatic N) is 3. The van der Waals surface area contributed by atoms with E-state index in [0.29, 0.717) is 5.69 Å². The van der Waals surface area contributed by atoms with E-state index in [9.17, 15) is 9.59 Å². The number of amides is 1. The molecule has 0 aliphatic carbocycles. The van der Waals surface area contributed by atoms with Crippen LogP contribution in [0.2, 0.25) is 0 Å². The fraction of sp³-hybridized carbons (Fsp3) is 0.368. The molecule has 1 aliphatic heterocycles. The second kappa shape index (κ2) is 8.53. The third-order valence-corrected chi connectivity index (χ3v) is 4.42. The standard InChI is InChI=1S/C19H22N4O3/c24-18(16-11-21-17(12-20-16)19(25)26)22-15-7-5-14(6-8-15)13-23-9-3-1-2-4-10-23/h5-8,11-12H,1-4,9-10,13H2,(H,22,24)(H,25,26). The first kappa shape index (κ1) is 18.0. The summed E-state index contributed by atoms with van der Waals surface area (Å²) in [5, 5.41) is 11.5. The third kappa shape index (κ3) is 4.86. The molecule has 0 atom stereocenters. The molecule has 1 aromatic carbocycles. The molecule has 136 valence electrons. The Morgan fingerprint density at radius 2 is 1.58 bits per heavy atom. The molecule has 2 heterocycles. The van der Waals surface area contributed by atoms with Gasteiger partial charge in [0.2, 0.25) is 0 Å². The summed E-state index contributed by atoms with van der Waals surface area (Å²) < 4.78 is 0. The van der Waals surface area contributed by atoms with Gasteiger partial charge in [0.05, 0.1) is 12.4 Å². The number of carboxylic acids is 1. The van der Waals surface area contributed by atoms with E-state index in [-0.39, 0.29) is 11.4 Å². The van der Waals surface area contributed by atoms with Crippen LogP contribution in [0.4, 0.5) is 5.69 Å². The predicted octanol–water partition coefficient (Wildman–Crippen LogP) is 2.80. The van der Waals surface area contributed by atoms with Crippen LogP contribution in [-0.2, 0) is 6.54 Å². The topological polar surface area (TPSA) is 95.4 Å². The number of rotatable bonds is 5. The Kier molecular flexibility index (Phi) is 5.91. The molecule has 0 bridgehead atoms. The van der Waals surface area contributed by atoms with Crippen molar-refractivity contribution in [3.05, 3.63) is 53.6 Å². The number of carboxylic acid groups (broad SMARTS) is 1. The number of carbonyl (C=O) groups excluding carboxylic acids is 1. The van der Waals surface area contributed by atoms with Gasteiger partial charge in [-0.15, -0.1) is 0 Å². The lowest BCUT2D eigenvalue weighted by Gasteiger charge is -2.19. The number of anilines is 1. The van der Waals surface area contributed by atoms with Crippen LogP contribution >= 0.6 is 0 Å². The molecule has 0 saturated carbocycles. The van der Waals surface area contributed by atoms with Gasteiger partial charge in [0.1, 0.15) is 5.69 Å². The van der Waals surface area contributed by atoms with Gasteiger partial charge in [0.25, 0.3) is 5.91 Å². The Morgan fingerprint density at radius 3 is 2.15 bits per heavy atom. The highest BCUT2D eigenvalue weighted by Gasteiger charge is 2.12. The van der Waals surface area contributed by atoms with Crippen LogP contribution < -0.4 is 5.32 Å². The van der Waals surface area contributed by atoms with E-state index in [1.165, 1.54) is 31.2 Å². The summed E-state index contributed by atoms with van der Waals surface area (Å²) >= 11 is 0. The quantitative estimate of drug-likeness (QED) is 0.857. The zero-order valence-electron chi connectivity index (χ0n) is 14.5. The summed E-state index contributed by atoms with van der Waals surface area (Å²) in [5.41, 5.74) is 1.76. The van der Waals surface area contributed by atoms with E-state index in [1.807, 2.05) is 24.3 Å². The van der Waals surface area contributed by atoms with Crippen molar-refractivity contribution in [3.8, 4) is 0 Å². The van der Waals surface area contributed by atoms with Crippen LogP contribution in [-0.4, -0.2) is 44.9 Å². The Labute approximate surface area is 152 Å². The molecule has 2 N–H and O–H groups in total. The summed E-state index contributed by atoms with van der Waals surface area (Å²) in [6.45, 7) is 3.21. The maximum absolute atomic E-state index is 12.2. The maximum atomic E-state index is 12.2. The minimum atomic E-state index is -1.18. The molecule has 1 aromatic heterocycles. The molecule has 1 amide bonds. The Balaban J connectivity index is 1.57. The molecule has 0 radical (unpaired) electrons. The van der Waals surface area contributed by atoms with Gasteiger partial charge in [-0.1, -0.05) is 25.0 Å². The molecule has 2 aromatic rings. The van der Waals surface area contributed by atoms with Crippen molar-refractivity contribution in [2.24, 2.45) is 0 Å². The number of aromatic nitrogens is 2. The first-order valence-corrected chi connectivity index (χ1v) is 8.80. The summed E-state index contributed by atoms with van der Waals surface area (Å²) in [7, 11) is 0. The normalized spacial score (nSPS) is 15.2. The molecule has 1 aliphatic rings. The molecule has 7 heteroatoms. The van der Waals surface area contributed by atoms with Crippen LogP contribution in [0, 0.1) is 0 Å². The van der Waals surface area contributed by atoms with Crippen LogP contribution in [0.15, 0.2) is 36.7 Å². The van der Waals surface area contributed by atoms with Gasteiger partial charge in [-0.25, -0.2) is 14.8 Å². The van der Waals surface area contributed by atoms with Gasteiger partial charge in [-0.2, -0.15) is 0 Å². The van der Waals surface area contributed by atoms with Gasteiger partial charge in [-0.05, 0) is 43.6 Å². The SMILES string of the molecule is O=C(O)c1cnc(C(=O)Nc2ccc(CN3CCCCCC3)cc2)cn1. The zero-order chi connectivity index (χ0) is 18.4. The van der Waals surface area contributed by atoms with Crippen molar-refractivity contribution in [2.45, 2.75) is 32.2 Å². The second-order valence-electron chi connectivity index (χ2n) is 6.43. The molecular formula is C19H22N4O3. The van der Waals surface area contributed by atoms with Crippen molar-refractivity contribution < 1.29 is 14.7 Å². The lowest BCUT2D eigenvalue weighted by atomic mass is 10.2. The third-order valence-electron chi connectivity index (χ3n) is 4.42.